The van der Waals surface area contributed by atoms with E-state index in [4.69, 9.17) is 5.11 Å². The zero-order valence-electron chi connectivity index (χ0n) is 9.56. The van der Waals surface area contributed by atoms with Gasteiger partial charge in [0.25, 0.3) is 0 Å². The van der Waals surface area contributed by atoms with Crippen molar-refractivity contribution < 1.29 is 9.90 Å². The van der Waals surface area contributed by atoms with Crippen LogP contribution in [0, 0.1) is 0 Å². The van der Waals surface area contributed by atoms with Crippen molar-refractivity contribution in [3.05, 3.63) is 24.3 Å². The highest BCUT2D eigenvalue weighted by molar-refractivity contribution is 7.99. The summed E-state index contributed by atoms with van der Waals surface area (Å²) in [7, 11) is 0. The summed E-state index contributed by atoms with van der Waals surface area (Å²) in [5.74, 6) is 1.10. The third-order valence-corrected chi connectivity index (χ3v) is 2.90. The van der Waals surface area contributed by atoms with Crippen LogP contribution in [0.15, 0.2) is 29.2 Å². The molecular formula is C12H17NO2S. The Hall–Kier alpha value is -1.16. The Bertz CT molecular complexity index is 335. The number of amides is 1. The highest BCUT2D eigenvalue weighted by Gasteiger charge is 2.03. The summed E-state index contributed by atoms with van der Waals surface area (Å²) in [4.78, 5) is 12.4. The Morgan fingerprint density at radius 3 is 2.56 bits per heavy atom. The van der Waals surface area contributed by atoms with Gasteiger partial charge < -0.3 is 10.4 Å². The number of carbonyl (C=O) groups is 1. The number of phenols is 1. The van der Waals surface area contributed by atoms with Crippen molar-refractivity contribution in [2.45, 2.75) is 31.2 Å². The van der Waals surface area contributed by atoms with Crippen LogP contribution in [0.25, 0.3) is 0 Å². The first-order valence-corrected chi connectivity index (χ1v) is 6.27. The monoisotopic (exact) mass is 239 g/mol. The Kier molecular flexibility index (Phi) is 5.19. The maximum Gasteiger partial charge on any atom is 0.221 e. The molecule has 0 saturated heterocycles. The Balaban J connectivity index is 2.25. The molecule has 0 aliphatic heterocycles. The number of benzene rings is 1. The molecule has 88 valence electrons. The first-order chi connectivity index (χ1) is 7.58. The van der Waals surface area contributed by atoms with Crippen molar-refractivity contribution in [2.75, 3.05) is 5.75 Å². The molecule has 0 radical (unpaired) electrons. The number of aromatic hydroxyl groups is 1. The zero-order valence-corrected chi connectivity index (χ0v) is 10.4. The zero-order chi connectivity index (χ0) is 12.0. The second-order valence-corrected chi connectivity index (χ2v) is 4.98. The molecule has 0 fully saturated rings. The van der Waals surface area contributed by atoms with Gasteiger partial charge in [-0.1, -0.05) is 0 Å². The summed E-state index contributed by atoms with van der Waals surface area (Å²) < 4.78 is 0. The predicted octanol–water partition coefficient (Wildman–Crippen LogP) is 2.40. The molecule has 1 aromatic carbocycles. The van der Waals surface area contributed by atoms with Crippen molar-refractivity contribution in [1.82, 2.24) is 5.32 Å². The highest BCUT2D eigenvalue weighted by atomic mass is 32.2. The lowest BCUT2D eigenvalue weighted by Gasteiger charge is -2.07. The first-order valence-electron chi connectivity index (χ1n) is 5.29. The largest absolute Gasteiger partial charge is 0.508 e. The molecule has 4 heteroatoms. The van der Waals surface area contributed by atoms with Crippen molar-refractivity contribution in [3.63, 3.8) is 0 Å². The summed E-state index contributed by atoms with van der Waals surface area (Å²) in [6.45, 7) is 3.90. The molecule has 1 amide bonds. The van der Waals surface area contributed by atoms with Crippen LogP contribution in [0.5, 0.6) is 5.75 Å². The van der Waals surface area contributed by atoms with Crippen molar-refractivity contribution >= 4 is 17.7 Å². The van der Waals surface area contributed by atoms with Crippen LogP contribution in [0.1, 0.15) is 20.3 Å². The summed E-state index contributed by atoms with van der Waals surface area (Å²) in [5.41, 5.74) is 0. The summed E-state index contributed by atoms with van der Waals surface area (Å²) >= 11 is 1.61. The molecule has 0 saturated carbocycles. The SMILES string of the molecule is CC(C)NC(=O)CCSc1ccc(O)cc1. The van der Waals surface area contributed by atoms with E-state index in [1.165, 1.54) is 0 Å². The van der Waals surface area contributed by atoms with Crippen molar-refractivity contribution in [2.24, 2.45) is 0 Å². The number of hydrogen-bond acceptors (Lipinski definition) is 3. The average Bonchev–Trinajstić information content (AvgIpc) is 2.20. The summed E-state index contributed by atoms with van der Waals surface area (Å²) in [5, 5.41) is 11.9. The number of carbonyl (C=O) groups excluding carboxylic acids is 1. The third kappa shape index (κ3) is 5.07. The molecule has 0 atom stereocenters. The van der Waals surface area contributed by atoms with E-state index >= 15 is 0 Å². The molecule has 2 N–H and O–H groups in total. The Morgan fingerprint density at radius 2 is 2.00 bits per heavy atom. The van der Waals surface area contributed by atoms with Gasteiger partial charge >= 0.3 is 0 Å². The van der Waals surface area contributed by atoms with Gasteiger partial charge in [-0.15, -0.1) is 11.8 Å². The summed E-state index contributed by atoms with van der Waals surface area (Å²) in [6.07, 6.45) is 0.518. The van der Waals surface area contributed by atoms with Crippen LogP contribution < -0.4 is 5.32 Å². The number of hydrogen-bond donors (Lipinski definition) is 2. The minimum absolute atomic E-state index is 0.0845. The minimum atomic E-state index is 0.0845. The average molecular weight is 239 g/mol. The van der Waals surface area contributed by atoms with Crippen LogP contribution in [-0.2, 0) is 4.79 Å². The normalized spacial score (nSPS) is 10.4. The van der Waals surface area contributed by atoms with Crippen molar-refractivity contribution in [1.29, 1.82) is 0 Å². The number of rotatable bonds is 5. The Labute approximate surface area is 100 Å². The van der Waals surface area contributed by atoms with Crippen LogP contribution in [0.4, 0.5) is 0 Å². The lowest BCUT2D eigenvalue weighted by molar-refractivity contribution is -0.121. The fourth-order valence-corrected chi connectivity index (χ4v) is 2.05. The standard InChI is InChI=1S/C12H17NO2S/c1-9(2)13-12(15)7-8-16-11-5-3-10(14)4-6-11/h3-6,9,14H,7-8H2,1-2H3,(H,13,15). The third-order valence-electron chi connectivity index (χ3n) is 1.88. The first kappa shape index (κ1) is 12.9. The van der Waals surface area contributed by atoms with E-state index in [-0.39, 0.29) is 17.7 Å². The molecular weight excluding hydrogens is 222 g/mol. The molecule has 0 spiro atoms. The molecule has 0 unspecified atom stereocenters. The quantitative estimate of drug-likeness (QED) is 0.776. The van der Waals surface area contributed by atoms with Gasteiger partial charge in [0.05, 0.1) is 0 Å². The molecule has 16 heavy (non-hydrogen) atoms. The molecule has 1 aromatic rings. The lowest BCUT2D eigenvalue weighted by Crippen LogP contribution is -2.30. The second kappa shape index (κ2) is 6.43. The Morgan fingerprint density at radius 1 is 1.38 bits per heavy atom. The summed E-state index contributed by atoms with van der Waals surface area (Å²) in [6, 6.07) is 7.19. The van der Waals surface area contributed by atoms with Gasteiger partial charge in [-0.2, -0.15) is 0 Å². The maximum atomic E-state index is 11.3. The fraction of sp³-hybridized carbons (Fsp3) is 0.417. The predicted molar refractivity (Wildman–Crippen MR) is 66.7 cm³/mol. The van der Waals surface area contributed by atoms with Gasteiger partial charge in [0.15, 0.2) is 0 Å². The maximum absolute atomic E-state index is 11.3. The molecule has 1 rings (SSSR count). The van der Waals surface area contributed by atoms with E-state index < -0.39 is 0 Å². The van der Waals surface area contributed by atoms with E-state index in [0.29, 0.717) is 6.42 Å². The van der Waals surface area contributed by atoms with Crippen LogP contribution in [0.3, 0.4) is 0 Å². The van der Waals surface area contributed by atoms with Gasteiger partial charge in [-0.3, -0.25) is 4.79 Å². The van der Waals surface area contributed by atoms with Crippen molar-refractivity contribution in [3.8, 4) is 5.75 Å². The topological polar surface area (TPSA) is 49.3 Å². The second-order valence-electron chi connectivity index (χ2n) is 3.81. The lowest BCUT2D eigenvalue weighted by atomic mass is 10.3. The fourth-order valence-electron chi connectivity index (χ4n) is 1.20. The highest BCUT2D eigenvalue weighted by Crippen LogP contribution is 2.21. The van der Waals surface area contributed by atoms with Crippen LogP contribution in [-0.4, -0.2) is 22.8 Å². The minimum Gasteiger partial charge on any atom is -0.508 e. The van der Waals surface area contributed by atoms with Gasteiger partial charge in [-0.05, 0) is 38.1 Å². The van der Waals surface area contributed by atoms with E-state index in [1.54, 1.807) is 23.9 Å². The molecule has 0 aliphatic rings. The molecule has 0 heterocycles. The van der Waals surface area contributed by atoms with E-state index in [9.17, 15) is 4.79 Å². The van der Waals surface area contributed by atoms with Gasteiger partial charge in [0.1, 0.15) is 5.75 Å². The van der Waals surface area contributed by atoms with E-state index in [2.05, 4.69) is 5.32 Å². The molecule has 0 aromatic heterocycles. The van der Waals surface area contributed by atoms with Gasteiger partial charge in [-0.25, -0.2) is 0 Å². The van der Waals surface area contributed by atoms with E-state index in [1.807, 2.05) is 26.0 Å². The van der Waals surface area contributed by atoms with Crippen LogP contribution >= 0.6 is 11.8 Å². The number of phenolic OH excluding ortho intramolecular Hbond substituents is 1. The smallest absolute Gasteiger partial charge is 0.221 e. The van der Waals surface area contributed by atoms with E-state index in [0.717, 1.165) is 10.6 Å². The van der Waals surface area contributed by atoms with Gasteiger partial charge in [0, 0.05) is 23.1 Å². The molecule has 3 nitrogen and oxygen atoms in total. The number of thioether (sulfide) groups is 1. The van der Waals surface area contributed by atoms with Crippen LogP contribution in [0.2, 0.25) is 0 Å². The molecule has 0 aliphatic carbocycles. The van der Waals surface area contributed by atoms with Gasteiger partial charge in [0.2, 0.25) is 5.91 Å². The molecule has 0 bridgehead atoms. The number of nitrogens with one attached hydrogen (secondary N) is 1.